The number of ether oxygens (including phenoxy) is 3. The van der Waals surface area contributed by atoms with Crippen molar-refractivity contribution >= 4 is 0 Å². The molecule has 1 heterocycles. The Labute approximate surface area is 127 Å². The SMILES string of the molecule is CNC(c1ccccc1OCCOC)C1(C)CCCCO1. The first kappa shape index (κ1) is 16.3. The van der Waals surface area contributed by atoms with Gasteiger partial charge in [-0.1, -0.05) is 18.2 Å². The summed E-state index contributed by atoms with van der Waals surface area (Å²) in [6.07, 6.45) is 3.42. The van der Waals surface area contributed by atoms with Crippen LogP contribution < -0.4 is 10.1 Å². The fourth-order valence-electron chi connectivity index (χ4n) is 3.06. The van der Waals surface area contributed by atoms with Gasteiger partial charge >= 0.3 is 0 Å². The van der Waals surface area contributed by atoms with Crippen LogP contribution in [-0.4, -0.2) is 39.6 Å². The highest BCUT2D eigenvalue weighted by Crippen LogP contribution is 2.39. The number of hydrogen-bond donors (Lipinski definition) is 1. The average molecular weight is 293 g/mol. The molecule has 1 aromatic rings. The molecule has 1 aliphatic heterocycles. The lowest BCUT2D eigenvalue weighted by atomic mass is 9.84. The third kappa shape index (κ3) is 3.96. The number of likely N-dealkylation sites (N-methyl/N-ethyl adjacent to an activating group) is 1. The molecule has 1 N–H and O–H groups in total. The fourth-order valence-corrected chi connectivity index (χ4v) is 3.06. The van der Waals surface area contributed by atoms with Crippen molar-refractivity contribution in [1.29, 1.82) is 0 Å². The smallest absolute Gasteiger partial charge is 0.124 e. The Hall–Kier alpha value is -1.10. The van der Waals surface area contributed by atoms with E-state index in [4.69, 9.17) is 14.2 Å². The molecular formula is C17H27NO3. The van der Waals surface area contributed by atoms with E-state index >= 15 is 0 Å². The van der Waals surface area contributed by atoms with Crippen molar-refractivity contribution in [2.24, 2.45) is 0 Å². The molecule has 0 bridgehead atoms. The second-order valence-electron chi connectivity index (χ2n) is 5.72. The average Bonchev–Trinajstić information content (AvgIpc) is 2.50. The van der Waals surface area contributed by atoms with Crippen LogP contribution in [-0.2, 0) is 9.47 Å². The Kier molecular flexibility index (Phi) is 6.03. The zero-order chi connectivity index (χ0) is 15.1. The maximum atomic E-state index is 6.11. The maximum Gasteiger partial charge on any atom is 0.124 e. The molecular weight excluding hydrogens is 266 g/mol. The largest absolute Gasteiger partial charge is 0.491 e. The van der Waals surface area contributed by atoms with Gasteiger partial charge in [-0.2, -0.15) is 0 Å². The van der Waals surface area contributed by atoms with Crippen LogP contribution in [0.3, 0.4) is 0 Å². The van der Waals surface area contributed by atoms with E-state index in [-0.39, 0.29) is 11.6 Å². The molecule has 0 amide bonds. The summed E-state index contributed by atoms with van der Waals surface area (Å²) in [4.78, 5) is 0. The lowest BCUT2D eigenvalue weighted by Gasteiger charge is -2.41. The molecule has 0 aliphatic carbocycles. The fraction of sp³-hybridized carbons (Fsp3) is 0.647. The minimum absolute atomic E-state index is 0.122. The Bertz CT molecular complexity index is 430. The molecule has 2 unspecified atom stereocenters. The van der Waals surface area contributed by atoms with Gasteiger partial charge in [0, 0.05) is 19.3 Å². The highest BCUT2D eigenvalue weighted by Gasteiger charge is 2.38. The van der Waals surface area contributed by atoms with E-state index < -0.39 is 0 Å². The predicted molar refractivity (Wildman–Crippen MR) is 83.8 cm³/mol. The Balaban J connectivity index is 2.20. The monoisotopic (exact) mass is 293 g/mol. The predicted octanol–water partition coefficient (Wildman–Crippen LogP) is 2.93. The van der Waals surface area contributed by atoms with E-state index in [1.807, 2.05) is 19.2 Å². The number of hydrogen-bond acceptors (Lipinski definition) is 4. The summed E-state index contributed by atoms with van der Waals surface area (Å²) in [5.74, 6) is 0.907. The first-order valence-electron chi connectivity index (χ1n) is 7.73. The van der Waals surface area contributed by atoms with Gasteiger partial charge in [-0.3, -0.25) is 0 Å². The number of benzene rings is 1. The summed E-state index contributed by atoms with van der Waals surface area (Å²) in [5.41, 5.74) is 0.966. The molecule has 0 saturated carbocycles. The van der Waals surface area contributed by atoms with Crippen LogP contribution >= 0.6 is 0 Å². The molecule has 4 nitrogen and oxygen atoms in total. The van der Waals surface area contributed by atoms with Crippen molar-refractivity contribution in [2.45, 2.75) is 37.8 Å². The molecule has 1 fully saturated rings. The topological polar surface area (TPSA) is 39.7 Å². The van der Waals surface area contributed by atoms with Crippen molar-refractivity contribution in [2.75, 3.05) is 34.0 Å². The molecule has 118 valence electrons. The quantitative estimate of drug-likeness (QED) is 0.785. The van der Waals surface area contributed by atoms with Gasteiger partial charge in [-0.05, 0) is 39.3 Å². The van der Waals surface area contributed by atoms with Gasteiger partial charge in [0.1, 0.15) is 12.4 Å². The number of rotatable bonds is 7. The summed E-state index contributed by atoms with van der Waals surface area (Å²) in [7, 11) is 3.67. The van der Waals surface area contributed by atoms with Crippen LogP contribution in [0.4, 0.5) is 0 Å². The first-order valence-corrected chi connectivity index (χ1v) is 7.73. The zero-order valence-corrected chi connectivity index (χ0v) is 13.4. The van der Waals surface area contributed by atoms with Crippen molar-refractivity contribution in [1.82, 2.24) is 5.32 Å². The molecule has 1 saturated heterocycles. The number of para-hydroxylation sites is 1. The van der Waals surface area contributed by atoms with Crippen molar-refractivity contribution in [3.05, 3.63) is 29.8 Å². The highest BCUT2D eigenvalue weighted by atomic mass is 16.5. The third-order valence-electron chi connectivity index (χ3n) is 4.17. The Morgan fingerprint density at radius 2 is 2.10 bits per heavy atom. The van der Waals surface area contributed by atoms with Crippen LogP contribution in [0.1, 0.15) is 37.8 Å². The van der Waals surface area contributed by atoms with Gasteiger partial charge in [0.05, 0.1) is 18.2 Å². The maximum absolute atomic E-state index is 6.11. The Morgan fingerprint density at radius 1 is 1.29 bits per heavy atom. The van der Waals surface area contributed by atoms with Gasteiger partial charge in [0.15, 0.2) is 0 Å². The second kappa shape index (κ2) is 7.78. The summed E-state index contributed by atoms with van der Waals surface area (Å²) >= 11 is 0. The molecule has 1 aliphatic rings. The van der Waals surface area contributed by atoms with Crippen molar-refractivity contribution in [3.8, 4) is 5.75 Å². The normalized spacial score (nSPS) is 23.8. The van der Waals surface area contributed by atoms with Crippen molar-refractivity contribution in [3.63, 3.8) is 0 Å². The van der Waals surface area contributed by atoms with Gasteiger partial charge in [-0.25, -0.2) is 0 Å². The first-order chi connectivity index (χ1) is 10.2. The second-order valence-corrected chi connectivity index (χ2v) is 5.72. The molecule has 0 radical (unpaired) electrons. The molecule has 2 atom stereocenters. The van der Waals surface area contributed by atoms with E-state index in [0.29, 0.717) is 13.2 Å². The van der Waals surface area contributed by atoms with E-state index in [2.05, 4.69) is 24.4 Å². The lowest BCUT2D eigenvalue weighted by molar-refractivity contribution is -0.0888. The molecule has 1 aromatic carbocycles. The minimum atomic E-state index is -0.187. The molecule has 2 rings (SSSR count). The van der Waals surface area contributed by atoms with E-state index in [1.165, 1.54) is 6.42 Å². The van der Waals surface area contributed by atoms with Crippen molar-refractivity contribution < 1.29 is 14.2 Å². The number of methoxy groups -OCH3 is 1. The van der Waals surface area contributed by atoms with E-state index in [1.54, 1.807) is 7.11 Å². The van der Waals surface area contributed by atoms with E-state index in [9.17, 15) is 0 Å². The van der Waals surface area contributed by atoms with Crippen LogP contribution in [0.15, 0.2) is 24.3 Å². The standard InChI is InChI=1S/C17H27NO3/c1-17(10-6-7-11-21-17)16(18-2)14-8-4-5-9-15(14)20-13-12-19-3/h4-5,8-9,16,18H,6-7,10-13H2,1-3H3. The van der Waals surface area contributed by atoms with Gasteiger partial charge in [-0.15, -0.1) is 0 Å². The highest BCUT2D eigenvalue weighted by molar-refractivity contribution is 5.37. The zero-order valence-electron chi connectivity index (χ0n) is 13.4. The number of nitrogens with one attached hydrogen (secondary N) is 1. The minimum Gasteiger partial charge on any atom is -0.491 e. The van der Waals surface area contributed by atoms with E-state index in [0.717, 1.165) is 30.8 Å². The lowest BCUT2D eigenvalue weighted by Crippen LogP contribution is -2.45. The summed E-state index contributed by atoms with van der Waals surface area (Å²) < 4.78 is 17.0. The van der Waals surface area contributed by atoms with Crippen LogP contribution in [0.5, 0.6) is 5.75 Å². The van der Waals surface area contributed by atoms with Gasteiger partial charge in [0.2, 0.25) is 0 Å². The van der Waals surface area contributed by atoms with Gasteiger partial charge < -0.3 is 19.5 Å². The molecule has 0 spiro atoms. The summed E-state index contributed by atoms with van der Waals surface area (Å²) in [6, 6.07) is 8.31. The van der Waals surface area contributed by atoms with Crippen LogP contribution in [0.2, 0.25) is 0 Å². The Morgan fingerprint density at radius 3 is 2.76 bits per heavy atom. The summed E-state index contributed by atoms with van der Waals surface area (Å²) in [5, 5.41) is 3.42. The molecule has 21 heavy (non-hydrogen) atoms. The third-order valence-corrected chi connectivity index (χ3v) is 4.17. The summed E-state index contributed by atoms with van der Waals surface area (Å²) in [6.45, 7) is 4.18. The molecule has 0 aromatic heterocycles. The molecule has 4 heteroatoms. The van der Waals surface area contributed by atoms with Crippen LogP contribution in [0.25, 0.3) is 0 Å². The van der Waals surface area contributed by atoms with Crippen LogP contribution in [0, 0.1) is 0 Å². The van der Waals surface area contributed by atoms with Gasteiger partial charge in [0.25, 0.3) is 0 Å².